The lowest BCUT2D eigenvalue weighted by atomic mass is 10.1. The molecule has 0 aliphatic carbocycles. The van der Waals surface area contributed by atoms with E-state index < -0.39 is 0 Å². The molecule has 1 aromatic rings. The summed E-state index contributed by atoms with van der Waals surface area (Å²) in [6.07, 6.45) is 0. The first-order chi connectivity index (χ1) is 7.78. The minimum atomic E-state index is 0. The first-order valence-electron chi connectivity index (χ1n) is 5.86. The van der Waals surface area contributed by atoms with Crippen LogP contribution >= 0.6 is 12.4 Å². The summed E-state index contributed by atoms with van der Waals surface area (Å²) in [7, 11) is 1.71. The van der Waals surface area contributed by atoms with E-state index in [0.717, 1.165) is 31.9 Å². The lowest BCUT2D eigenvalue weighted by molar-refractivity contribution is 0.199. The Morgan fingerprint density at radius 1 is 1.47 bits per heavy atom. The van der Waals surface area contributed by atoms with Gasteiger partial charge in [0.05, 0.1) is 7.11 Å². The molecule has 1 unspecified atom stereocenters. The molecule has 1 atom stereocenters. The molecule has 0 amide bonds. The Morgan fingerprint density at radius 3 is 3.00 bits per heavy atom. The van der Waals surface area contributed by atoms with Crippen molar-refractivity contribution in [2.75, 3.05) is 26.7 Å². The van der Waals surface area contributed by atoms with Gasteiger partial charge in [0.2, 0.25) is 0 Å². The number of piperazine rings is 1. The summed E-state index contributed by atoms with van der Waals surface area (Å²) < 4.78 is 5.23. The van der Waals surface area contributed by atoms with E-state index in [9.17, 15) is 0 Å². The van der Waals surface area contributed by atoms with Crippen LogP contribution in [0.1, 0.15) is 12.5 Å². The van der Waals surface area contributed by atoms with Crippen molar-refractivity contribution in [1.29, 1.82) is 0 Å². The molecule has 1 aromatic carbocycles. The Labute approximate surface area is 110 Å². The molecule has 1 saturated heterocycles. The average molecular weight is 257 g/mol. The number of benzene rings is 1. The van der Waals surface area contributed by atoms with E-state index in [4.69, 9.17) is 4.74 Å². The van der Waals surface area contributed by atoms with Gasteiger partial charge in [-0.3, -0.25) is 4.90 Å². The van der Waals surface area contributed by atoms with Gasteiger partial charge in [-0.2, -0.15) is 0 Å². The molecule has 1 aliphatic rings. The van der Waals surface area contributed by atoms with E-state index in [1.807, 2.05) is 6.07 Å². The van der Waals surface area contributed by atoms with E-state index in [-0.39, 0.29) is 12.4 Å². The van der Waals surface area contributed by atoms with E-state index in [2.05, 4.69) is 35.3 Å². The van der Waals surface area contributed by atoms with E-state index in [1.54, 1.807) is 7.11 Å². The van der Waals surface area contributed by atoms with Crippen LogP contribution in [0, 0.1) is 0 Å². The molecular weight excluding hydrogens is 236 g/mol. The van der Waals surface area contributed by atoms with Gasteiger partial charge in [-0.25, -0.2) is 0 Å². The Kier molecular flexibility index (Phi) is 5.75. The summed E-state index contributed by atoms with van der Waals surface area (Å²) in [6, 6.07) is 8.92. The Bertz CT molecular complexity index is 346. The molecule has 0 saturated carbocycles. The van der Waals surface area contributed by atoms with Crippen LogP contribution in [0.4, 0.5) is 0 Å². The fourth-order valence-electron chi connectivity index (χ4n) is 2.18. The molecule has 96 valence electrons. The second-order valence-corrected chi connectivity index (χ2v) is 4.44. The van der Waals surface area contributed by atoms with Gasteiger partial charge in [0.25, 0.3) is 0 Å². The maximum atomic E-state index is 5.23. The molecule has 0 radical (unpaired) electrons. The number of nitrogens with zero attached hydrogens (tertiary/aromatic N) is 1. The normalized spacial score (nSPS) is 20.7. The van der Waals surface area contributed by atoms with Crippen molar-refractivity contribution < 1.29 is 4.74 Å². The van der Waals surface area contributed by atoms with Crippen molar-refractivity contribution in [1.82, 2.24) is 10.2 Å². The van der Waals surface area contributed by atoms with Gasteiger partial charge in [0.15, 0.2) is 0 Å². The first-order valence-corrected chi connectivity index (χ1v) is 5.86. The third-order valence-corrected chi connectivity index (χ3v) is 2.99. The minimum absolute atomic E-state index is 0. The Hall–Kier alpha value is -0.770. The van der Waals surface area contributed by atoms with Crippen molar-refractivity contribution >= 4 is 12.4 Å². The third-order valence-electron chi connectivity index (χ3n) is 2.99. The van der Waals surface area contributed by atoms with Crippen LogP contribution in [0.3, 0.4) is 0 Å². The second kappa shape index (κ2) is 6.84. The first kappa shape index (κ1) is 14.3. The molecule has 1 fully saturated rings. The van der Waals surface area contributed by atoms with Crippen molar-refractivity contribution in [3.63, 3.8) is 0 Å². The summed E-state index contributed by atoms with van der Waals surface area (Å²) in [6.45, 7) is 6.59. The van der Waals surface area contributed by atoms with Crippen molar-refractivity contribution in [2.45, 2.75) is 19.5 Å². The van der Waals surface area contributed by atoms with Crippen molar-refractivity contribution in [3.8, 4) is 5.75 Å². The second-order valence-electron chi connectivity index (χ2n) is 4.44. The number of ether oxygens (including phenoxy) is 1. The maximum Gasteiger partial charge on any atom is 0.119 e. The van der Waals surface area contributed by atoms with E-state index >= 15 is 0 Å². The average Bonchev–Trinajstić information content (AvgIpc) is 2.29. The maximum absolute atomic E-state index is 5.23. The molecule has 0 bridgehead atoms. The summed E-state index contributed by atoms with van der Waals surface area (Å²) >= 11 is 0. The molecule has 0 aromatic heterocycles. The number of hydrogen-bond donors (Lipinski definition) is 1. The lowest BCUT2D eigenvalue weighted by Gasteiger charge is -2.31. The van der Waals surface area contributed by atoms with Crippen LogP contribution < -0.4 is 10.1 Å². The zero-order chi connectivity index (χ0) is 11.4. The molecule has 17 heavy (non-hydrogen) atoms. The molecule has 1 N–H and O–H groups in total. The fraction of sp³-hybridized carbons (Fsp3) is 0.538. The van der Waals surface area contributed by atoms with Crippen LogP contribution in [0.15, 0.2) is 24.3 Å². The molecule has 1 heterocycles. The predicted octanol–water partition coefficient (Wildman–Crippen LogP) is 1.91. The van der Waals surface area contributed by atoms with Gasteiger partial charge in [0, 0.05) is 32.2 Å². The number of hydrogen-bond acceptors (Lipinski definition) is 3. The van der Waals surface area contributed by atoms with Crippen LogP contribution in [0.25, 0.3) is 0 Å². The third kappa shape index (κ3) is 4.19. The summed E-state index contributed by atoms with van der Waals surface area (Å²) in [5.74, 6) is 0.945. The van der Waals surface area contributed by atoms with Gasteiger partial charge < -0.3 is 10.1 Å². The fourth-order valence-corrected chi connectivity index (χ4v) is 2.18. The van der Waals surface area contributed by atoms with Gasteiger partial charge in [-0.1, -0.05) is 12.1 Å². The van der Waals surface area contributed by atoms with Gasteiger partial charge in [0.1, 0.15) is 5.75 Å². The zero-order valence-electron chi connectivity index (χ0n) is 10.5. The number of halogens is 1. The minimum Gasteiger partial charge on any atom is -0.497 e. The van der Waals surface area contributed by atoms with Crippen LogP contribution in [0.2, 0.25) is 0 Å². The molecule has 4 heteroatoms. The van der Waals surface area contributed by atoms with Crippen LogP contribution in [-0.4, -0.2) is 37.7 Å². The highest BCUT2D eigenvalue weighted by Gasteiger charge is 2.15. The molecular formula is C13H21ClN2O. The zero-order valence-corrected chi connectivity index (χ0v) is 11.3. The lowest BCUT2D eigenvalue weighted by Crippen LogP contribution is -2.48. The molecule has 3 nitrogen and oxygen atoms in total. The number of rotatable bonds is 3. The van der Waals surface area contributed by atoms with E-state index in [1.165, 1.54) is 5.56 Å². The number of nitrogens with one attached hydrogen (secondary N) is 1. The molecule has 1 aliphatic heterocycles. The largest absolute Gasteiger partial charge is 0.497 e. The molecule has 2 rings (SSSR count). The number of methoxy groups -OCH3 is 1. The summed E-state index contributed by atoms with van der Waals surface area (Å²) in [5.41, 5.74) is 1.33. The molecule has 0 spiro atoms. The van der Waals surface area contributed by atoms with Gasteiger partial charge >= 0.3 is 0 Å². The highest BCUT2D eigenvalue weighted by molar-refractivity contribution is 5.85. The quantitative estimate of drug-likeness (QED) is 0.894. The van der Waals surface area contributed by atoms with Crippen LogP contribution in [0.5, 0.6) is 5.75 Å². The predicted molar refractivity (Wildman–Crippen MR) is 73.0 cm³/mol. The van der Waals surface area contributed by atoms with Gasteiger partial charge in [-0.05, 0) is 24.6 Å². The Morgan fingerprint density at radius 2 is 2.29 bits per heavy atom. The standard InChI is InChI=1S/C13H20N2O.ClH/c1-11-9-15(7-6-14-11)10-12-4-3-5-13(8-12)16-2;/h3-5,8,11,14H,6-7,9-10H2,1-2H3;1H. The topological polar surface area (TPSA) is 24.5 Å². The van der Waals surface area contributed by atoms with Gasteiger partial charge in [-0.15, -0.1) is 12.4 Å². The smallest absolute Gasteiger partial charge is 0.119 e. The SMILES string of the molecule is COc1cccc(CN2CCNC(C)C2)c1.Cl. The summed E-state index contributed by atoms with van der Waals surface area (Å²) in [5, 5.41) is 3.45. The highest BCUT2D eigenvalue weighted by atomic mass is 35.5. The highest BCUT2D eigenvalue weighted by Crippen LogP contribution is 2.14. The van der Waals surface area contributed by atoms with E-state index in [0.29, 0.717) is 6.04 Å². The van der Waals surface area contributed by atoms with Crippen molar-refractivity contribution in [3.05, 3.63) is 29.8 Å². The monoisotopic (exact) mass is 256 g/mol. The van der Waals surface area contributed by atoms with Crippen molar-refractivity contribution in [2.24, 2.45) is 0 Å². The summed E-state index contributed by atoms with van der Waals surface area (Å²) in [4.78, 5) is 2.48. The Balaban J connectivity index is 0.00000144. The van der Waals surface area contributed by atoms with Crippen LogP contribution in [-0.2, 0) is 6.54 Å².